The average Bonchev–Trinajstić information content (AvgIpc) is 3.46. The van der Waals surface area contributed by atoms with E-state index in [1.807, 2.05) is 42.5 Å². The minimum absolute atomic E-state index is 0.144. The lowest BCUT2D eigenvalue weighted by molar-refractivity contribution is 0.461. The average molecular weight is 550 g/mol. The van der Waals surface area contributed by atoms with E-state index in [1.54, 1.807) is 19.2 Å². The number of nitrogens with one attached hydrogen (secondary N) is 1. The van der Waals surface area contributed by atoms with E-state index in [2.05, 4.69) is 19.8 Å². The number of primary sulfonamides is 1. The van der Waals surface area contributed by atoms with Crippen molar-refractivity contribution in [3.05, 3.63) is 83.3 Å². The van der Waals surface area contributed by atoms with Crippen molar-refractivity contribution in [3.63, 3.8) is 0 Å². The molecule has 1 aliphatic rings. The standard InChI is InChI=1S/C22H24ClN7O4S2/c1-29-14-20(26-15-29)36(33,34)28-22(25-11-12-35(24,31)32)30-13-19(16-5-3-2-4-6-16)21(27-30)17-7-9-18(23)10-8-17/h2-10,14-15,19H,11-13H2,1H3,(H,25,28)(H2,24,31,32)/t19-/m0/s1. The Morgan fingerprint density at radius 3 is 2.44 bits per heavy atom. The Hall–Kier alpha value is -3.26. The van der Waals surface area contributed by atoms with Gasteiger partial charge in [0.15, 0.2) is 5.03 Å². The number of aromatic nitrogens is 2. The number of hydrazone groups is 1. The molecule has 190 valence electrons. The highest BCUT2D eigenvalue weighted by Crippen LogP contribution is 2.29. The van der Waals surface area contributed by atoms with E-state index in [0.29, 0.717) is 10.7 Å². The van der Waals surface area contributed by atoms with E-state index in [9.17, 15) is 16.8 Å². The van der Waals surface area contributed by atoms with Gasteiger partial charge < -0.3 is 4.57 Å². The summed E-state index contributed by atoms with van der Waals surface area (Å²) in [6.07, 6.45) is 2.69. The Labute approximate surface area is 214 Å². The Kier molecular flexibility index (Phi) is 7.45. The second kappa shape index (κ2) is 10.4. The molecule has 0 bridgehead atoms. The maximum Gasteiger partial charge on any atom is 0.283 e. The number of hydrogen-bond donors (Lipinski definition) is 2. The molecule has 1 atom stereocenters. The fourth-order valence-corrected chi connectivity index (χ4v) is 5.08. The lowest BCUT2D eigenvalue weighted by Gasteiger charge is -2.19. The monoisotopic (exact) mass is 549 g/mol. The summed E-state index contributed by atoms with van der Waals surface area (Å²) >= 11 is 6.06. The van der Waals surface area contributed by atoms with Gasteiger partial charge in [0.1, 0.15) is 0 Å². The van der Waals surface area contributed by atoms with Gasteiger partial charge >= 0.3 is 0 Å². The molecule has 11 nitrogen and oxygen atoms in total. The highest BCUT2D eigenvalue weighted by Gasteiger charge is 2.33. The maximum absolute atomic E-state index is 13.0. The number of aryl methyl sites for hydroxylation is 1. The maximum atomic E-state index is 13.0. The molecule has 3 aromatic rings. The molecule has 4 rings (SSSR count). The molecule has 14 heteroatoms. The largest absolute Gasteiger partial charge is 0.339 e. The van der Waals surface area contributed by atoms with Crippen molar-refractivity contribution < 1.29 is 16.8 Å². The summed E-state index contributed by atoms with van der Waals surface area (Å²) in [5, 5.41) is 11.5. The lowest BCUT2D eigenvalue weighted by atomic mass is 9.91. The normalized spacial score (nSPS) is 16.8. The number of guanidine groups is 1. The van der Waals surface area contributed by atoms with Crippen LogP contribution in [-0.4, -0.2) is 61.9 Å². The van der Waals surface area contributed by atoms with Gasteiger partial charge in [0.05, 0.1) is 30.9 Å². The molecule has 0 spiro atoms. The number of hydrogen-bond acceptors (Lipinski definition) is 7. The number of aliphatic imine (C=N–C) groups is 1. The highest BCUT2D eigenvalue weighted by molar-refractivity contribution is 7.90. The van der Waals surface area contributed by atoms with E-state index < -0.39 is 25.8 Å². The molecular formula is C22H24ClN7O4S2. The first-order valence-electron chi connectivity index (χ1n) is 10.7. The smallest absolute Gasteiger partial charge is 0.283 e. The van der Waals surface area contributed by atoms with Crippen molar-refractivity contribution in [2.24, 2.45) is 22.3 Å². The van der Waals surface area contributed by atoms with E-state index in [-0.39, 0.29) is 30.0 Å². The molecule has 3 N–H and O–H groups in total. The van der Waals surface area contributed by atoms with Gasteiger partial charge in [0.2, 0.25) is 16.0 Å². The van der Waals surface area contributed by atoms with Gasteiger partial charge in [-0.05, 0) is 23.3 Å². The third-order valence-corrected chi connectivity index (χ3v) is 7.54. The predicted molar refractivity (Wildman–Crippen MR) is 138 cm³/mol. The summed E-state index contributed by atoms with van der Waals surface area (Å²) in [5.74, 6) is -0.838. The first-order chi connectivity index (χ1) is 17.0. The van der Waals surface area contributed by atoms with Crippen LogP contribution in [0, 0.1) is 0 Å². The topological polar surface area (TPSA) is 152 Å². The second-order valence-corrected chi connectivity index (χ2v) is 11.9. The van der Waals surface area contributed by atoms with E-state index in [1.165, 1.54) is 22.1 Å². The number of benzene rings is 2. The molecule has 36 heavy (non-hydrogen) atoms. The minimum atomic E-state index is -4.13. The van der Waals surface area contributed by atoms with Crippen LogP contribution in [0.2, 0.25) is 5.02 Å². The number of nitrogens with two attached hydrogens (primary N) is 1. The number of rotatable bonds is 7. The van der Waals surface area contributed by atoms with Crippen LogP contribution in [0.4, 0.5) is 0 Å². The summed E-state index contributed by atoms with van der Waals surface area (Å²) in [4.78, 5) is 8.10. The zero-order valence-electron chi connectivity index (χ0n) is 19.2. The van der Waals surface area contributed by atoms with Crippen molar-refractivity contribution in [2.45, 2.75) is 10.9 Å². The molecular weight excluding hydrogens is 526 g/mol. The molecule has 2 heterocycles. The predicted octanol–water partition coefficient (Wildman–Crippen LogP) is 1.50. The quantitative estimate of drug-likeness (QED) is 0.336. The van der Waals surface area contributed by atoms with Crippen molar-refractivity contribution in [1.82, 2.24) is 19.3 Å². The van der Waals surface area contributed by atoms with Crippen molar-refractivity contribution in [1.29, 1.82) is 0 Å². The summed E-state index contributed by atoms with van der Waals surface area (Å²) in [6.45, 7) is -0.0157. The van der Waals surface area contributed by atoms with E-state index in [4.69, 9.17) is 16.7 Å². The van der Waals surface area contributed by atoms with Gasteiger partial charge in [-0.15, -0.1) is 0 Å². The summed E-state index contributed by atoms with van der Waals surface area (Å²) in [5.41, 5.74) is 2.44. The Morgan fingerprint density at radius 1 is 1.14 bits per heavy atom. The fraction of sp³-hybridized carbons (Fsp3) is 0.227. The van der Waals surface area contributed by atoms with Gasteiger partial charge in [0, 0.05) is 24.2 Å². The molecule has 0 fully saturated rings. The molecule has 1 aromatic heterocycles. The molecule has 0 radical (unpaired) electrons. The van der Waals surface area contributed by atoms with Gasteiger partial charge in [0.25, 0.3) is 10.0 Å². The SMILES string of the molecule is Cn1cnc(S(=O)(=O)NC(=NCCS(N)(=O)=O)N2C[C@@H](c3ccccc3)C(c3ccc(Cl)cc3)=N2)c1. The number of imidazole rings is 1. The number of sulfonamides is 2. The summed E-state index contributed by atoms with van der Waals surface area (Å²) in [6, 6.07) is 16.8. The summed E-state index contributed by atoms with van der Waals surface area (Å²) in [7, 11) is -6.31. The zero-order chi connectivity index (χ0) is 25.9. The Balaban J connectivity index is 1.73. The molecule has 2 aromatic carbocycles. The van der Waals surface area contributed by atoms with Crippen LogP contribution < -0.4 is 9.86 Å². The molecule has 1 aliphatic heterocycles. The van der Waals surface area contributed by atoms with Crippen LogP contribution in [0.5, 0.6) is 0 Å². The Morgan fingerprint density at radius 2 is 1.83 bits per heavy atom. The van der Waals surface area contributed by atoms with Crippen LogP contribution in [-0.2, 0) is 27.1 Å². The zero-order valence-corrected chi connectivity index (χ0v) is 21.6. The third-order valence-electron chi connectivity index (χ3n) is 5.32. The van der Waals surface area contributed by atoms with Crippen LogP contribution in [0.3, 0.4) is 0 Å². The second-order valence-electron chi connectivity index (χ2n) is 8.09. The van der Waals surface area contributed by atoms with Crippen molar-refractivity contribution >= 4 is 43.3 Å². The van der Waals surface area contributed by atoms with Crippen LogP contribution >= 0.6 is 11.6 Å². The fourth-order valence-electron chi connectivity index (χ4n) is 3.61. The van der Waals surface area contributed by atoms with Crippen molar-refractivity contribution in [3.8, 4) is 0 Å². The number of halogens is 1. The molecule has 0 unspecified atom stereocenters. The van der Waals surface area contributed by atoms with Gasteiger partial charge in [-0.2, -0.15) is 13.5 Å². The molecule has 0 aliphatic carbocycles. The van der Waals surface area contributed by atoms with Crippen LogP contribution in [0.15, 0.2) is 82.2 Å². The lowest BCUT2D eigenvalue weighted by Crippen LogP contribution is -2.42. The molecule has 0 saturated heterocycles. The van der Waals surface area contributed by atoms with Gasteiger partial charge in [-0.1, -0.05) is 54.1 Å². The van der Waals surface area contributed by atoms with Gasteiger partial charge in [-0.3, -0.25) is 0 Å². The molecule has 0 amide bonds. The Bertz CT molecular complexity index is 1500. The van der Waals surface area contributed by atoms with Crippen LogP contribution in [0.25, 0.3) is 0 Å². The third kappa shape index (κ3) is 6.29. The van der Waals surface area contributed by atoms with Gasteiger partial charge in [-0.25, -0.2) is 33.3 Å². The summed E-state index contributed by atoms with van der Waals surface area (Å²) < 4.78 is 52.8. The first kappa shape index (κ1) is 25.8. The molecule has 0 saturated carbocycles. The number of nitrogens with zero attached hydrogens (tertiary/aromatic N) is 5. The van der Waals surface area contributed by atoms with Crippen LogP contribution in [0.1, 0.15) is 17.0 Å². The van der Waals surface area contributed by atoms with Crippen molar-refractivity contribution in [2.75, 3.05) is 18.8 Å². The van der Waals surface area contributed by atoms with E-state index >= 15 is 0 Å². The minimum Gasteiger partial charge on any atom is -0.339 e. The van der Waals surface area contributed by atoms with E-state index in [0.717, 1.165) is 11.1 Å². The first-order valence-corrected chi connectivity index (χ1v) is 14.3. The highest BCUT2D eigenvalue weighted by atomic mass is 35.5.